The van der Waals surface area contributed by atoms with Crippen molar-refractivity contribution in [1.29, 1.82) is 0 Å². The smallest absolute Gasteiger partial charge is 0.144 e. The lowest BCUT2D eigenvalue weighted by molar-refractivity contribution is 0.252. The van der Waals surface area contributed by atoms with Gasteiger partial charge in [0.1, 0.15) is 11.6 Å². The third-order valence-corrected chi connectivity index (χ3v) is 3.80. The summed E-state index contributed by atoms with van der Waals surface area (Å²) in [5, 5.41) is 0. The van der Waals surface area contributed by atoms with Crippen molar-refractivity contribution in [2.24, 2.45) is 0 Å². The van der Waals surface area contributed by atoms with E-state index in [1.54, 1.807) is 0 Å². The topological polar surface area (TPSA) is 3.24 Å². The van der Waals surface area contributed by atoms with Gasteiger partial charge in [-0.15, -0.1) is 0 Å². The molecule has 16 heavy (non-hydrogen) atoms. The first-order valence-electron chi connectivity index (χ1n) is 5.46. The van der Waals surface area contributed by atoms with Crippen molar-refractivity contribution in [3.8, 4) is 0 Å². The van der Waals surface area contributed by atoms with Crippen LogP contribution >= 0.6 is 15.9 Å². The van der Waals surface area contributed by atoms with Crippen LogP contribution in [0.15, 0.2) is 16.6 Å². The molecule has 1 aromatic rings. The minimum atomic E-state index is -0.473. The molecule has 0 saturated carbocycles. The SMILES string of the molecule is C[C@@H]1CCCN1Cc1c(F)ccc(Br)c1F. The number of rotatable bonds is 2. The molecule has 0 radical (unpaired) electrons. The fraction of sp³-hybridized carbons (Fsp3) is 0.500. The molecule has 88 valence electrons. The fourth-order valence-electron chi connectivity index (χ4n) is 2.14. The van der Waals surface area contributed by atoms with Gasteiger partial charge in [-0.05, 0) is 54.4 Å². The van der Waals surface area contributed by atoms with E-state index in [4.69, 9.17) is 0 Å². The van der Waals surface area contributed by atoms with Gasteiger partial charge in [0.25, 0.3) is 0 Å². The molecule has 1 atom stereocenters. The molecule has 0 N–H and O–H groups in total. The Kier molecular flexibility index (Phi) is 3.60. The number of hydrogen-bond acceptors (Lipinski definition) is 1. The van der Waals surface area contributed by atoms with Crippen LogP contribution in [0, 0.1) is 11.6 Å². The Morgan fingerprint density at radius 2 is 2.19 bits per heavy atom. The van der Waals surface area contributed by atoms with Crippen molar-refractivity contribution in [2.75, 3.05) is 6.54 Å². The summed E-state index contributed by atoms with van der Waals surface area (Å²) in [5.41, 5.74) is 0.170. The molecule has 0 bridgehead atoms. The largest absolute Gasteiger partial charge is 0.296 e. The number of halogens is 3. The molecule has 0 unspecified atom stereocenters. The number of likely N-dealkylation sites (tertiary alicyclic amines) is 1. The van der Waals surface area contributed by atoms with Gasteiger partial charge in [0.2, 0.25) is 0 Å². The monoisotopic (exact) mass is 289 g/mol. The molecule has 1 aliphatic heterocycles. The zero-order valence-corrected chi connectivity index (χ0v) is 10.7. The van der Waals surface area contributed by atoms with Gasteiger partial charge < -0.3 is 0 Å². The van der Waals surface area contributed by atoms with Crippen LogP contribution in [0.2, 0.25) is 0 Å². The first-order valence-corrected chi connectivity index (χ1v) is 6.25. The van der Waals surface area contributed by atoms with E-state index in [9.17, 15) is 8.78 Å². The van der Waals surface area contributed by atoms with Crippen molar-refractivity contribution in [2.45, 2.75) is 32.4 Å². The Morgan fingerprint density at radius 1 is 1.44 bits per heavy atom. The molecule has 0 spiro atoms. The highest BCUT2D eigenvalue weighted by Crippen LogP contribution is 2.26. The summed E-state index contributed by atoms with van der Waals surface area (Å²) < 4.78 is 27.6. The van der Waals surface area contributed by atoms with E-state index in [2.05, 4.69) is 27.8 Å². The summed E-state index contributed by atoms with van der Waals surface area (Å²) >= 11 is 3.08. The van der Waals surface area contributed by atoms with Gasteiger partial charge in [0.15, 0.2) is 0 Å². The van der Waals surface area contributed by atoms with Gasteiger partial charge in [-0.1, -0.05) is 0 Å². The standard InChI is InChI=1S/C12H14BrF2N/c1-8-3-2-6-16(8)7-9-11(14)5-4-10(13)12(9)15/h4-5,8H,2-3,6-7H2,1H3/t8-/m1/s1. The minimum Gasteiger partial charge on any atom is -0.296 e. The summed E-state index contributed by atoms with van der Waals surface area (Å²) in [7, 11) is 0. The molecule has 1 aliphatic rings. The van der Waals surface area contributed by atoms with Crippen LogP contribution in [0.25, 0.3) is 0 Å². The summed E-state index contributed by atoms with van der Waals surface area (Å²) in [5.74, 6) is -0.932. The lowest BCUT2D eigenvalue weighted by Gasteiger charge is -2.21. The third kappa shape index (κ3) is 2.28. The molecule has 0 aliphatic carbocycles. The van der Waals surface area contributed by atoms with Crippen LogP contribution in [-0.2, 0) is 6.54 Å². The van der Waals surface area contributed by atoms with Crippen molar-refractivity contribution in [1.82, 2.24) is 4.90 Å². The molecule has 0 amide bonds. The predicted octanol–water partition coefficient (Wildman–Crippen LogP) is 3.71. The highest BCUT2D eigenvalue weighted by atomic mass is 79.9. The third-order valence-electron chi connectivity index (χ3n) is 3.19. The van der Waals surface area contributed by atoms with Crippen LogP contribution in [0.4, 0.5) is 8.78 Å². The Balaban J connectivity index is 2.23. The Morgan fingerprint density at radius 3 is 2.81 bits per heavy atom. The second-order valence-corrected chi connectivity index (χ2v) is 5.14. The maximum Gasteiger partial charge on any atom is 0.144 e. The number of benzene rings is 1. The van der Waals surface area contributed by atoms with Crippen LogP contribution in [0.5, 0.6) is 0 Å². The second-order valence-electron chi connectivity index (χ2n) is 4.28. The molecule has 1 saturated heterocycles. The zero-order chi connectivity index (χ0) is 11.7. The van der Waals surface area contributed by atoms with Crippen molar-refractivity contribution in [3.05, 3.63) is 33.8 Å². The van der Waals surface area contributed by atoms with E-state index in [0.717, 1.165) is 19.4 Å². The molecule has 1 fully saturated rings. The van der Waals surface area contributed by atoms with Gasteiger partial charge in [0.05, 0.1) is 4.47 Å². The second kappa shape index (κ2) is 4.80. The fourth-order valence-corrected chi connectivity index (χ4v) is 2.52. The number of nitrogens with zero attached hydrogens (tertiary/aromatic N) is 1. The molecule has 2 rings (SSSR count). The molecule has 1 heterocycles. The van der Waals surface area contributed by atoms with Crippen LogP contribution < -0.4 is 0 Å². The first-order chi connectivity index (χ1) is 7.59. The van der Waals surface area contributed by atoms with Crippen molar-refractivity contribution < 1.29 is 8.78 Å². The van der Waals surface area contributed by atoms with Crippen LogP contribution in [0.1, 0.15) is 25.3 Å². The van der Waals surface area contributed by atoms with Gasteiger partial charge in [-0.2, -0.15) is 0 Å². The Bertz CT molecular complexity index is 395. The minimum absolute atomic E-state index is 0.170. The highest BCUT2D eigenvalue weighted by Gasteiger charge is 2.23. The maximum atomic E-state index is 13.7. The van der Waals surface area contributed by atoms with E-state index >= 15 is 0 Å². The van der Waals surface area contributed by atoms with E-state index in [-0.39, 0.29) is 5.56 Å². The average Bonchev–Trinajstić information content (AvgIpc) is 2.65. The lowest BCUT2D eigenvalue weighted by Crippen LogP contribution is -2.27. The number of hydrogen-bond donors (Lipinski definition) is 0. The molecule has 4 heteroatoms. The molecule has 1 nitrogen and oxygen atoms in total. The normalized spacial score (nSPS) is 21.6. The predicted molar refractivity (Wildman–Crippen MR) is 63.2 cm³/mol. The van der Waals surface area contributed by atoms with Gasteiger partial charge in [-0.3, -0.25) is 4.90 Å². The summed E-state index contributed by atoms with van der Waals surface area (Å²) in [6.07, 6.45) is 2.22. The highest BCUT2D eigenvalue weighted by molar-refractivity contribution is 9.10. The van der Waals surface area contributed by atoms with Crippen LogP contribution in [-0.4, -0.2) is 17.5 Å². The van der Waals surface area contributed by atoms with Gasteiger partial charge in [0, 0.05) is 18.2 Å². The summed E-state index contributed by atoms with van der Waals surface area (Å²) in [6, 6.07) is 3.13. The Hall–Kier alpha value is -0.480. The van der Waals surface area contributed by atoms with Gasteiger partial charge in [-0.25, -0.2) is 8.78 Å². The summed E-state index contributed by atoms with van der Waals surface area (Å²) in [4.78, 5) is 2.12. The average molecular weight is 290 g/mol. The van der Waals surface area contributed by atoms with Crippen molar-refractivity contribution in [3.63, 3.8) is 0 Å². The Labute approximate surface area is 103 Å². The first kappa shape index (κ1) is 12.0. The van der Waals surface area contributed by atoms with E-state index < -0.39 is 11.6 Å². The van der Waals surface area contributed by atoms with E-state index in [0.29, 0.717) is 17.1 Å². The van der Waals surface area contributed by atoms with Gasteiger partial charge >= 0.3 is 0 Å². The molecule has 0 aromatic heterocycles. The quantitative estimate of drug-likeness (QED) is 0.750. The molecular weight excluding hydrogens is 276 g/mol. The van der Waals surface area contributed by atoms with E-state index in [1.165, 1.54) is 12.1 Å². The van der Waals surface area contributed by atoms with Crippen molar-refractivity contribution >= 4 is 15.9 Å². The zero-order valence-electron chi connectivity index (χ0n) is 9.14. The van der Waals surface area contributed by atoms with E-state index in [1.807, 2.05) is 0 Å². The van der Waals surface area contributed by atoms with Crippen LogP contribution in [0.3, 0.4) is 0 Å². The summed E-state index contributed by atoms with van der Waals surface area (Å²) in [6.45, 7) is 3.38. The lowest BCUT2D eigenvalue weighted by atomic mass is 10.1. The maximum absolute atomic E-state index is 13.7. The molecular formula is C12H14BrF2N. The molecule has 1 aromatic carbocycles.